The summed E-state index contributed by atoms with van der Waals surface area (Å²) in [6.45, 7) is 0. The van der Waals surface area contributed by atoms with Gasteiger partial charge in [0.15, 0.2) is 0 Å². The molecular weight excluding hydrogens is 244 g/mol. The molecular formula is C14H16N2OS. The minimum Gasteiger partial charge on any atom is -0.390 e. The fourth-order valence-electron chi connectivity index (χ4n) is 1.86. The Labute approximate surface area is 111 Å². The zero-order chi connectivity index (χ0) is 13.0. The van der Waals surface area contributed by atoms with E-state index < -0.39 is 0 Å². The summed E-state index contributed by atoms with van der Waals surface area (Å²) in [5, 5.41) is 3.03. The lowest BCUT2D eigenvalue weighted by atomic mass is 10.1. The molecule has 0 spiro atoms. The lowest BCUT2D eigenvalue weighted by Crippen LogP contribution is -2.23. The molecule has 0 unspecified atom stereocenters. The molecule has 1 amide bonds. The minimum atomic E-state index is -0.370. The van der Waals surface area contributed by atoms with E-state index in [0.29, 0.717) is 5.57 Å². The van der Waals surface area contributed by atoms with Crippen LogP contribution in [0.15, 0.2) is 52.6 Å². The lowest BCUT2D eigenvalue weighted by molar-refractivity contribution is -0.114. The van der Waals surface area contributed by atoms with Crippen LogP contribution >= 0.6 is 11.8 Å². The summed E-state index contributed by atoms with van der Waals surface area (Å²) in [5.74, 6) is 0.401. The van der Waals surface area contributed by atoms with Gasteiger partial charge in [0.05, 0.1) is 5.57 Å². The second-order valence-electron chi connectivity index (χ2n) is 4.07. The van der Waals surface area contributed by atoms with Crippen LogP contribution in [0.5, 0.6) is 0 Å². The predicted molar refractivity (Wildman–Crippen MR) is 76.0 cm³/mol. The van der Waals surface area contributed by atoms with Crippen molar-refractivity contribution in [1.29, 1.82) is 0 Å². The van der Waals surface area contributed by atoms with Gasteiger partial charge in [-0.1, -0.05) is 30.3 Å². The van der Waals surface area contributed by atoms with E-state index in [2.05, 4.69) is 17.4 Å². The molecule has 0 saturated heterocycles. The highest BCUT2D eigenvalue weighted by molar-refractivity contribution is 8.03. The monoisotopic (exact) mass is 260 g/mol. The molecule has 18 heavy (non-hydrogen) atoms. The molecule has 3 N–H and O–H groups in total. The first-order chi connectivity index (χ1) is 8.70. The maximum absolute atomic E-state index is 11.4. The van der Waals surface area contributed by atoms with Gasteiger partial charge in [0.25, 0.3) is 5.91 Å². The maximum atomic E-state index is 11.4. The summed E-state index contributed by atoms with van der Waals surface area (Å²) in [6.07, 6.45) is 2.74. The molecule has 0 aliphatic carbocycles. The van der Waals surface area contributed by atoms with Crippen molar-refractivity contribution in [2.24, 2.45) is 5.73 Å². The molecule has 4 heteroatoms. The minimum absolute atomic E-state index is 0.370. The summed E-state index contributed by atoms with van der Waals surface area (Å²) in [7, 11) is 1.81. The number of amides is 1. The maximum Gasteiger partial charge on any atom is 0.250 e. The zero-order valence-corrected chi connectivity index (χ0v) is 11.1. The quantitative estimate of drug-likeness (QED) is 0.868. The molecule has 1 aliphatic heterocycles. The Morgan fingerprint density at radius 3 is 2.72 bits per heavy atom. The highest BCUT2D eigenvalue weighted by atomic mass is 32.2. The third-order valence-electron chi connectivity index (χ3n) is 2.82. The number of allylic oxidation sites excluding steroid dienone is 1. The van der Waals surface area contributed by atoms with E-state index in [1.54, 1.807) is 11.8 Å². The van der Waals surface area contributed by atoms with Crippen molar-refractivity contribution in [3.05, 3.63) is 58.1 Å². The van der Waals surface area contributed by atoms with Crippen LogP contribution in [0, 0.1) is 0 Å². The molecule has 0 atom stereocenters. The SMILES string of the molecule is CNC1=C(C(N)=O)C=C(Cc2ccccc2)SC1. The Hall–Kier alpha value is -1.68. The third-order valence-corrected chi connectivity index (χ3v) is 3.89. The average molecular weight is 260 g/mol. The van der Waals surface area contributed by atoms with Crippen molar-refractivity contribution in [3.8, 4) is 0 Å². The number of nitrogens with one attached hydrogen (secondary N) is 1. The third kappa shape index (κ3) is 2.96. The van der Waals surface area contributed by atoms with Gasteiger partial charge >= 0.3 is 0 Å². The summed E-state index contributed by atoms with van der Waals surface area (Å²) in [5.41, 5.74) is 8.15. The van der Waals surface area contributed by atoms with E-state index in [9.17, 15) is 4.79 Å². The van der Waals surface area contributed by atoms with Crippen LogP contribution in [0.2, 0.25) is 0 Å². The molecule has 0 bridgehead atoms. The van der Waals surface area contributed by atoms with Gasteiger partial charge in [-0.3, -0.25) is 4.79 Å². The molecule has 1 heterocycles. The van der Waals surface area contributed by atoms with Gasteiger partial charge < -0.3 is 11.1 Å². The van der Waals surface area contributed by atoms with Gasteiger partial charge in [0.1, 0.15) is 0 Å². The van der Waals surface area contributed by atoms with Gasteiger partial charge in [-0.15, -0.1) is 11.8 Å². The van der Waals surface area contributed by atoms with Crippen molar-refractivity contribution < 1.29 is 4.79 Å². The molecule has 1 aromatic rings. The highest BCUT2D eigenvalue weighted by Gasteiger charge is 2.16. The largest absolute Gasteiger partial charge is 0.390 e. The number of hydrogen-bond donors (Lipinski definition) is 2. The van der Waals surface area contributed by atoms with E-state index in [1.165, 1.54) is 10.5 Å². The van der Waals surface area contributed by atoms with Crippen LogP contribution in [0.25, 0.3) is 0 Å². The molecule has 0 aromatic heterocycles. The van der Waals surface area contributed by atoms with E-state index in [4.69, 9.17) is 5.73 Å². The molecule has 2 rings (SSSR count). The lowest BCUT2D eigenvalue weighted by Gasteiger charge is -2.18. The Balaban J connectivity index is 2.21. The van der Waals surface area contributed by atoms with Crippen LogP contribution in [-0.4, -0.2) is 18.7 Å². The molecule has 0 radical (unpaired) electrons. The van der Waals surface area contributed by atoms with Crippen LogP contribution in [-0.2, 0) is 11.2 Å². The van der Waals surface area contributed by atoms with Gasteiger partial charge in [-0.05, 0) is 16.5 Å². The van der Waals surface area contributed by atoms with Crippen molar-refractivity contribution in [1.82, 2.24) is 5.32 Å². The number of benzene rings is 1. The van der Waals surface area contributed by atoms with Gasteiger partial charge in [-0.2, -0.15) is 0 Å². The van der Waals surface area contributed by atoms with Crippen LogP contribution in [0.1, 0.15) is 5.56 Å². The van der Waals surface area contributed by atoms with Gasteiger partial charge in [0.2, 0.25) is 0 Å². The average Bonchev–Trinajstić information content (AvgIpc) is 2.40. The molecule has 0 saturated carbocycles. The number of primary amides is 1. The molecule has 1 aliphatic rings. The summed E-state index contributed by atoms with van der Waals surface area (Å²) < 4.78 is 0. The predicted octanol–water partition coefficient (Wildman–Crippen LogP) is 1.82. The normalized spacial score (nSPS) is 15.3. The smallest absolute Gasteiger partial charge is 0.250 e. The number of nitrogens with two attached hydrogens (primary N) is 1. The van der Waals surface area contributed by atoms with E-state index in [0.717, 1.165) is 17.9 Å². The van der Waals surface area contributed by atoms with Gasteiger partial charge in [0, 0.05) is 24.9 Å². The first kappa shape index (κ1) is 12.8. The first-order valence-corrected chi connectivity index (χ1v) is 6.77. The second-order valence-corrected chi connectivity index (χ2v) is 5.17. The van der Waals surface area contributed by atoms with Crippen LogP contribution in [0.3, 0.4) is 0 Å². The Bertz CT molecular complexity index is 506. The summed E-state index contributed by atoms with van der Waals surface area (Å²) >= 11 is 1.74. The first-order valence-electron chi connectivity index (χ1n) is 5.78. The van der Waals surface area contributed by atoms with Crippen molar-refractivity contribution >= 4 is 17.7 Å². The summed E-state index contributed by atoms with van der Waals surface area (Å²) in [6, 6.07) is 10.2. The fourth-order valence-corrected chi connectivity index (χ4v) is 2.96. The molecule has 94 valence electrons. The fraction of sp³-hybridized carbons (Fsp3) is 0.214. The molecule has 3 nitrogen and oxygen atoms in total. The Kier molecular flexibility index (Phi) is 4.10. The van der Waals surface area contributed by atoms with Gasteiger partial charge in [-0.25, -0.2) is 0 Å². The van der Waals surface area contributed by atoms with Crippen molar-refractivity contribution in [3.63, 3.8) is 0 Å². The molecule has 0 fully saturated rings. The number of carbonyl (C=O) groups is 1. The standard InChI is InChI=1S/C14H16N2OS/c1-16-13-9-18-11(8-12(13)14(15)17)7-10-5-3-2-4-6-10/h2-6,8,16H,7,9H2,1H3,(H2,15,17). The summed E-state index contributed by atoms with van der Waals surface area (Å²) in [4.78, 5) is 12.6. The number of thioether (sulfide) groups is 1. The zero-order valence-electron chi connectivity index (χ0n) is 10.3. The van der Waals surface area contributed by atoms with E-state index in [-0.39, 0.29) is 5.91 Å². The number of hydrogen-bond acceptors (Lipinski definition) is 3. The second kappa shape index (κ2) is 5.78. The van der Waals surface area contributed by atoms with Crippen LogP contribution < -0.4 is 11.1 Å². The number of carbonyl (C=O) groups excluding carboxylic acids is 1. The van der Waals surface area contributed by atoms with E-state index in [1.807, 2.05) is 31.3 Å². The van der Waals surface area contributed by atoms with Crippen molar-refractivity contribution in [2.75, 3.05) is 12.8 Å². The topological polar surface area (TPSA) is 55.1 Å². The molecule has 1 aromatic carbocycles. The van der Waals surface area contributed by atoms with Crippen molar-refractivity contribution in [2.45, 2.75) is 6.42 Å². The number of rotatable bonds is 4. The highest BCUT2D eigenvalue weighted by Crippen LogP contribution is 2.29. The van der Waals surface area contributed by atoms with Crippen LogP contribution in [0.4, 0.5) is 0 Å². The van der Waals surface area contributed by atoms with E-state index >= 15 is 0 Å². The Morgan fingerprint density at radius 1 is 1.39 bits per heavy atom. The Morgan fingerprint density at radius 2 is 2.11 bits per heavy atom.